The molecule has 0 heterocycles. The summed E-state index contributed by atoms with van der Waals surface area (Å²) in [7, 11) is 0. The maximum absolute atomic E-state index is 0. The Bertz CT molecular complexity index is 97.1. The summed E-state index contributed by atoms with van der Waals surface area (Å²) in [6.07, 6.45) is 0. The molecule has 0 aliphatic heterocycles. The van der Waals surface area contributed by atoms with Crippen molar-refractivity contribution in [2.75, 3.05) is 0 Å². The summed E-state index contributed by atoms with van der Waals surface area (Å²) < 4.78 is 0. The standard InChI is InChI=1S/12Mo.6Na.40H2O.37O.2Pt/h;;;;;;;;;;;;;;;;;;40*1H2;;;;;;;;;;;;;;;;;;;;;;;;;;;;;;;;;;;;;;;/q;;;;;;;;;;;;6*+1;;;;;;;;;;;;;;;;;;;;;;;;;;;;;;;;;;;;;;;;;37*-2;2*+4/p-11. The van der Waals surface area contributed by atoms with Gasteiger partial charge in [-0.15, -0.1) is 0 Å². The van der Waals surface area contributed by atoms with Gasteiger partial charge < -0.3 is 422 Å². The summed E-state index contributed by atoms with van der Waals surface area (Å²) in [4.78, 5) is 0. The Morgan fingerprint density at radius 2 is 0.0619 bits per heavy atom. The molecule has 0 aliphatic rings. The van der Waals surface area contributed by atoms with Crippen molar-refractivity contribution < 1.29 is 894 Å². The SMILES string of the molecule is O.O.O.O.O.O.O.O.O.O.O.O.O.O.O.O.O.O.O.O.O.O.O.O.O.O.O.O.O.[Mo].[Mo].[Mo].[Mo].[Mo].[Mo].[Mo].[Mo].[Mo].[Mo].[Mo].[Mo].[Na+].[Na+].[Na+].[Na+].[Na+].[Na+].[O-2].[O-2].[O-2].[O-2].[O-2].[O-2].[O-2].[O-2].[O-2].[O-2].[O-2].[O-2].[O-2].[O-2].[O-2].[O-2].[O-2].[O-2].[O-2].[O-2].[O-2].[O-2].[O-2].[O-2].[O-2].[O-2].[O-2].[O-2].[O-2].[O-2].[O-2].[O-2].[O-2].[O-2].[O-2].[O-2].[O-2].[OH-].[OH-].[OH-].[OH-].[OH-].[OH-].[OH-].[OH-].[OH-].[OH-].[OH-].[Pt+4].[Pt+4]. The van der Waals surface area contributed by atoms with Crippen molar-refractivity contribution in [2.24, 2.45) is 0 Å². The summed E-state index contributed by atoms with van der Waals surface area (Å²) in [6.45, 7) is 0. The summed E-state index contributed by atoms with van der Waals surface area (Å²) in [5.41, 5.74) is 0. The van der Waals surface area contributed by atoms with E-state index in [0.29, 0.717) is 0 Å². The van der Waals surface area contributed by atoms with E-state index in [0.717, 1.165) is 0 Å². The van der Waals surface area contributed by atoms with Gasteiger partial charge >= 0.3 is 219 Å². The first-order chi connectivity index (χ1) is 0. The van der Waals surface area contributed by atoms with Crippen LogP contribution in [0.15, 0.2) is 0 Å². The van der Waals surface area contributed by atoms with Crippen LogP contribution in [0.1, 0.15) is 0 Å². The third-order valence-electron chi connectivity index (χ3n) is 0. The van der Waals surface area contributed by atoms with Gasteiger partial charge in [-0.25, -0.2) is 0 Å². The summed E-state index contributed by atoms with van der Waals surface area (Å²) in [5.74, 6) is 0. The minimum atomic E-state index is 0. The third-order valence-corrected chi connectivity index (χ3v) is 0. The van der Waals surface area contributed by atoms with Crippen molar-refractivity contribution in [1.82, 2.24) is 0 Å². The van der Waals surface area contributed by atoms with Gasteiger partial charge in [-0.1, -0.05) is 0 Å². The van der Waals surface area contributed by atoms with Gasteiger partial charge in [0.05, 0.1) is 0 Å². The molecule has 0 saturated heterocycles. The largest absolute Gasteiger partial charge is 4.00 e. The molecule has 69 N–H and O–H groups in total. The molecule has 0 aromatic rings. The summed E-state index contributed by atoms with van der Waals surface area (Å²) in [6, 6.07) is 0. The average molecular weight is 2980 g/mol. The van der Waals surface area contributed by atoms with Crippen LogP contribution in [0.2, 0.25) is 0 Å². The summed E-state index contributed by atoms with van der Waals surface area (Å²) in [5, 5.41) is 0. The molecule has 0 amide bonds. The molecule has 0 atom stereocenters. The van der Waals surface area contributed by atoms with Crippen LogP contribution in [0, 0.1) is 0 Å². The first-order valence-corrected chi connectivity index (χ1v) is 0. The molecule has 700 valence electrons. The predicted octanol–water partition coefficient (Wildman–Crippen LogP) is -48.3. The second-order valence-electron chi connectivity index (χ2n) is 0. The zero-order valence-electron chi connectivity index (χ0n) is 46.1. The molecule has 0 rings (SSSR count). The maximum Gasteiger partial charge on any atom is 4.00 e. The van der Waals surface area contributed by atoms with Crippen LogP contribution in [0.25, 0.3) is 0 Å². The molecule has 0 aliphatic carbocycles. The first kappa shape index (κ1) is 8190. The van der Waals surface area contributed by atoms with Crippen molar-refractivity contribution in [3.8, 4) is 0 Å². The van der Waals surface area contributed by atoms with Crippen LogP contribution in [0.3, 0.4) is 0 Å². The Morgan fingerprint density at radius 3 is 0.0619 bits per heavy atom. The van der Waals surface area contributed by atoms with E-state index in [1.807, 2.05) is 0 Å². The third kappa shape index (κ3) is 7820. The molecule has 97 heavy (non-hydrogen) atoms. The van der Waals surface area contributed by atoms with Crippen molar-refractivity contribution in [3.05, 3.63) is 0 Å². The molecule has 0 aromatic heterocycles. The van der Waals surface area contributed by atoms with Gasteiger partial charge in [-0.05, 0) is 0 Å². The van der Waals surface area contributed by atoms with E-state index in [-0.39, 0.29) is 894 Å². The fraction of sp³-hybridized carbons (Fsp3) is 0. The second kappa shape index (κ2) is 7970. The van der Waals surface area contributed by atoms with Gasteiger partial charge in [0.2, 0.25) is 0 Å². The van der Waals surface area contributed by atoms with Crippen molar-refractivity contribution in [1.29, 1.82) is 0 Å². The van der Waals surface area contributed by atoms with Crippen molar-refractivity contribution in [2.45, 2.75) is 0 Å². The molecular formula is H69Mo12Na6O77Pt2-71. The van der Waals surface area contributed by atoms with Crippen LogP contribution in [0.4, 0.5) is 0 Å². The molecule has 0 radical (unpaired) electrons. The van der Waals surface area contributed by atoms with E-state index >= 15 is 0 Å². The molecule has 0 bridgehead atoms. The fourth-order valence-electron chi connectivity index (χ4n) is 0. The van der Waals surface area contributed by atoms with Gasteiger partial charge in [-0.3, -0.25) is 0 Å². The van der Waals surface area contributed by atoms with Gasteiger partial charge in [0, 0.05) is 253 Å². The molecular weight excluding hydrogens is 2910 g/mol. The molecule has 0 spiro atoms. The van der Waals surface area contributed by atoms with Crippen molar-refractivity contribution in [3.63, 3.8) is 0 Å². The van der Waals surface area contributed by atoms with Crippen molar-refractivity contribution >= 4 is 0 Å². The van der Waals surface area contributed by atoms with Crippen LogP contribution in [-0.2, 0) is 498 Å². The Hall–Kier alpha value is 12.6. The van der Waals surface area contributed by atoms with Crippen LogP contribution < -0.4 is 177 Å². The molecule has 0 fully saturated rings. The normalized spacial score (nSPS) is 0. The molecule has 97 heteroatoms. The quantitative estimate of drug-likeness (QED) is 0.205. The van der Waals surface area contributed by atoms with Crippen LogP contribution in [-0.4, -0.2) is 219 Å². The minimum absolute atomic E-state index is 0. The van der Waals surface area contributed by atoms with E-state index in [1.54, 1.807) is 0 Å². The number of hydrogen-bond donors (Lipinski definition) is 0. The molecule has 0 aromatic carbocycles. The number of rotatable bonds is 0. The van der Waals surface area contributed by atoms with E-state index in [2.05, 4.69) is 0 Å². The van der Waals surface area contributed by atoms with E-state index < -0.39 is 0 Å². The Balaban J connectivity index is 0. The fourth-order valence-corrected chi connectivity index (χ4v) is 0. The predicted molar refractivity (Wildman–Crippen MR) is 151 cm³/mol. The molecule has 0 saturated carbocycles. The van der Waals surface area contributed by atoms with E-state index in [9.17, 15) is 0 Å². The minimum Gasteiger partial charge on any atom is -2.00 e. The molecule has 0 unspecified atom stereocenters. The topological polar surface area (TPSA) is 2300 Å². The zero-order chi connectivity index (χ0) is 0. The number of hydrogen-bond acceptors (Lipinski definition) is 11. The van der Waals surface area contributed by atoms with Gasteiger partial charge in [0.1, 0.15) is 0 Å². The monoisotopic (exact) mass is 3000 g/mol. The zero-order valence-corrected chi connectivity index (χ0v) is 86.7. The van der Waals surface area contributed by atoms with E-state index in [4.69, 9.17) is 0 Å². The van der Waals surface area contributed by atoms with Crippen LogP contribution >= 0.6 is 0 Å². The first-order valence-electron chi connectivity index (χ1n) is 0. The summed E-state index contributed by atoms with van der Waals surface area (Å²) >= 11 is 0. The van der Waals surface area contributed by atoms with Crippen LogP contribution in [0.5, 0.6) is 0 Å². The Morgan fingerprint density at radius 1 is 0.0619 bits per heavy atom. The molecule has 77 nitrogen and oxygen atoms in total. The van der Waals surface area contributed by atoms with Gasteiger partial charge in [0.15, 0.2) is 0 Å². The second-order valence-corrected chi connectivity index (χ2v) is 0. The van der Waals surface area contributed by atoms with Gasteiger partial charge in [0.25, 0.3) is 0 Å². The van der Waals surface area contributed by atoms with E-state index in [1.165, 1.54) is 0 Å². The van der Waals surface area contributed by atoms with Gasteiger partial charge in [-0.2, -0.15) is 0 Å². The Kier molecular flexibility index (Phi) is 672000. The Labute approximate surface area is 879 Å². The smallest absolute Gasteiger partial charge is 2.00 e. The average Bonchev–Trinajstić information content (AvgIpc) is 0. The maximum atomic E-state index is 0.